The molecule has 1 aliphatic heterocycles. The molecule has 0 saturated carbocycles. The van der Waals surface area contributed by atoms with Gasteiger partial charge in [0.1, 0.15) is 5.72 Å². The van der Waals surface area contributed by atoms with Gasteiger partial charge in [0.25, 0.3) is 0 Å². The van der Waals surface area contributed by atoms with Crippen molar-refractivity contribution in [2.24, 2.45) is 0 Å². The predicted molar refractivity (Wildman–Crippen MR) is 56.5 cm³/mol. The number of hydrogen-bond donors (Lipinski definition) is 2. The lowest BCUT2D eigenvalue weighted by Gasteiger charge is -2.18. The van der Waals surface area contributed by atoms with Gasteiger partial charge >= 0.3 is 5.97 Å². The zero-order chi connectivity index (χ0) is 11.3. The Morgan fingerprint density at radius 1 is 1.67 bits per heavy atom. The molecule has 2 N–H and O–H groups in total. The van der Waals surface area contributed by atoms with E-state index in [9.17, 15) is 4.79 Å². The number of nitrogens with one attached hydrogen (secondary N) is 2. The fraction of sp³-hybridized carbons (Fsp3) is 0.900. The van der Waals surface area contributed by atoms with E-state index in [2.05, 4.69) is 15.4 Å². The van der Waals surface area contributed by atoms with E-state index in [0.29, 0.717) is 25.6 Å². The standard InChI is InChI=1S/C10H20N2O3/c1-10(2)12-8(7-15-10)6-11-5-4-9(13)14-3/h8,11-12H,4-7H2,1-3H3/t8-/m1/s1. The predicted octanol–water partition coefficient (Wildman–Crippen LogP) is -0.136. The van der Waals surface area contributed by atoms with Gasteiger partial charge in [-0.25, -0.2) is 0 Å². The molecule has 0 amide bonds. The maximum atomic E-state index is 10.8. The van der Waals surface area contributed by atoms with Crippen LogP contribution in [-0.4, -0.2) is 44.5 Å². The van der Waals surface area contributed by atoms with E-state index in [4.69, 9.17) is 4.74 Å². The largest absolute Gasteiger partial charge is 0.469 e. The van der Waals surface area contributed by atoms with Crippen molar-refractivity contribution in [1.29, 1.82) is 0 Å². The van der Waals surface area contributed by atoms with Crippen LogP contribution in [0.3, 0.4) is 0 Å². The topological polar surface area (TPSA) is 59.6 Å². The van der Waals surface area contributed by atoms with Gasteiger partial charge in [0, 0.05) is 19.1 Å². The fourth-order valence-electron chi connectivity index (χ4n) is 1.56. The molecule has 1 rings (SSSR count). The smallest absolute Gasteiger partial charge is 0.306 e. The van der Waals surface area contributed by atoms with Crippen LogP contribution in [0.4, 0.5) is 0 Å². The number of carbonyl (C=O) groups excluding carboxylic acids is 1. The summed E-state index contributed by atoms with van der Waals surface area (Å²) in [6, 6.07) is 0.317. The molecule has 0 aromatic rings. The first-order chi connectivity index (χ1) is 7.03. The maximum absolute atomic E-state index is 10.8. The molecule has 15 heavy (non-hydrogen) atoms. The van der Waals surface area contributed by atoms with Gasteiger partial charge in [-0.15, -0.1) is 0 Å². The Morgan fingerprint density at radius 3 is 2.93 bits per heavy atom. The first-order valence-electron chi connectivity index (χ1n) is 5.23. The van der Waals surface area contributed by atoms with Crippen molar-refractivity contribution in [3.63, 3.8) is 0 Å². The third-order valence-corrected chi connectivity index (χ3v) is 2.32. The molecule has 0 radical (unpaired) electrons. The van der Waals surface area contributed by atoms with Crippen LogP contribution in [0.15, 0.2) is 0 Å². The normalized spacial score (nSPS) is 24.1. The minimum atomic E-state index is -0.227. The van der Waals surface area contributed by atoms with Crippen LogP contribution in [0.2, 0.25) is 0 Å². The molecule has 5 heteroatoms. The van der Waals surface area contributed by atoms with Crippen molar-refractivity contribution >= 4 is 5.97 Å². The second kappa shape index (κ2) is 5.44. The monoisotopic (exact) mass is 216 g/mol. The Morgan fingerprint density at radius 2 is 2.40 bits per heavy atom. The van der Waals surface area contributed by atoms with E-state index >= 15 is 0 Å². The quantitative estimate of drug-likeness (QED) is 0.495. The van der Waals surface area contributed by atoms with Crippen molar-refractivity contribution in [1.82, 2.24) is 10.6 Å². The minimum absolute atomic E-state index is 0.182. The molecule has 1 saturated heterocycles. The summed E-state index contributed by atoms with van der Waals surface area (Å²) in [6.07, 6.45) is 0.410. The summed E-state index contributed by atoms with van der Waals surface area (Å²) >= 11 is 0. The molecule has 1 atom stereocenters. The molecule has 0 unspecified atom stereocenters. The maximum Gasteiger partial charge on any atom is 0.306 e. The molecule has 1 fully saturated rings. The van der Waals surface area contributed by atoms with Gasteiger partial charge in [0.2, 0.25) is 0 Å². The molecule has 5 nitrogen and oxygen atoms in total. The molecule has 88 valence electrons. The van der Waals surface area contributed by atoms with E-state index in [1.807, 2.05) is 13.8 Å². The number of methoxy groups -OCH3 is 1. The summed E-state index contributed by atoms with van der Waals surface area (Å²) in [5.41, 5.74) is -0.227. The van der Waals surface area contributed by atoms with Crippen LogP contribution in [0.5, 0.6) is 0 Å². The first kappa shape index (κ1) is 12.4. The average Bonchev–Trinajstić information content (AvgIpc) is 2.52. The van der Waals surface area contributed by atoms with Crippen molar-refractivity contribution < 1.29 is 14.3 Å². The van der Waals surface area contributed by atoms with Crippen molar-refractivity contribution in [2.75, 3.05) is 26.8 Å². The second-order valence-corrected chi connectivity index (χ2v) is 4.19. The van der Waals surface area contributed by atoms with Gasteiger partial charge in [-0.05, 0) is 13.8 Å². The molecular weight excluding hydrogens is 196 g/mol. The van der Waals surface area contributed by atoms with Crippen molar-refractivity contribution in [3.05, 3.63) is 0 Å². The van der Waals surface area contributed by atoms with Gasteiger partial charge in [0.15, 0.2) is 0 Å². The summed E-state index contributed by atoms with van der Waals surface area (Å²) in [5, 5.41) is 6.52. The van der Waals surface area contributed by atoms with Crippen LogP contribution in [0, 0.1) is 0 Å². The van der Waals surface area contributed by atoms with Crippen LogP contribution in [-0.2, 0) is 14.3 Å². The molecule has 0 aliphatic carbocycles. The number of hydrogen-bond acceptors (Lipinski definition) is 5. The van der Waals surface area contributed by atoms with E-state index in [1.54, 1.807) is 0 Å². The highest BCUT2D eigenvalue weighted by Gasteiger charge is 2.30. The van der Waals surface area contributed by atoms with Gasteiger partial charge in [0.05, 0.1) is 20.1 Å². The fourth-order valence-corrected chi connectivity index (χ4v) is 1.56. The molecular formula is C10H20N2O3. The summed E-state index contributed by atoms with van der Waals surface area (Å²) < 4.78 is 10.0. The first-order valence-corrected chi connectivity index (χ1v) is 5.23. The van der Waals surface area contributed by atoms with Gasteiger partial charge in [-0.2, -0.15) is 0 Å². The molecule has 0 spiro atoms. The van der Waals surface area contributed by atoms with Crippen molar-refractivity contribution in [3.8, 4) is 0 Å². The number of rotatable bonds is 5. The van der Waals surface area contributed by atoms with Crippen LogP contribution >= 0.6 is 0 Å². The third-order valence-electron chi connectivity index (χ3n) is 2.32. The van der Waals surface area contributed by atoms with Gasteiger partial charge in [-0.3, -0.25) is 10.1 Å². The van der Waals surface area contributed by atoms with Gasteiger partial charge in [-0.1, -0.05) is 0 Å². The average molecular weight is 216 g/mol. The Kier molecular flexibility index (Phi) is 4.50. The highest BCUT2D eigenvalue weighted by molar-refractivity contribution is 5.69. The zero-order valence-corrected chi connectivity index (χ0v) is 9.63. The Labute approximate surface area is 90.5 Å². The number of ether oxygens (including phenoxy) is 2. The van der Waals surface area contributed by atoms with E-state index in [1.165, 1.54) is 7.11 Å². The second-order valence-electron chi connectivity index (χ2n) is 4.19. The van der Waals surface area contributed by atoms with Crippen molar-refractivity contribution in [2.45, 2.75) is 32.0 Å². The Balaban J connectivity index is 2.04. The summed E-state index contributed by atoms with van der Waals surface area (Å²) in [6.45, 7) is 6.16. The Bertz CT molecular complexity index is 219. The van der Waals surface area contributed by atoms with Crippen LogP contribution in [0.25, 0.3) is 0 Å². The molecule has 0 aromatic heterocycles. The van der Waals surface area contributed by atoms with Crippen LogP contribution < -0.4 is 10.6 Å². The summed E-state index contributed by atoms with van der Waals surface area (Å²) in [5.74, 6) is -0.182. The lowest BCUT2D eigenvalue weighted by atomic mass is 10.2. The lowest BCUT2D eigenvalue weighted by Crippen LogP contribution is -2.43. The van der Waals surface area contributed by atoms with Crippen LogP contribution in [0.1, 0.15) is 20.3 Å². The lowest BCUT2D eigenvalue weighted by molar-refractivity contribution is -0.140. The SMILES string of the molecule is COC(=O)CCNC[C@@H]1COC(C)(C)N1. The molecule has 0 aromatic carbocycles. The van der Waals surface area contributed by atoms with E-state index in [-0.39, 0.29) is 11.7 Å². The number of esters is 1. The zero-order valence-electron chi connectivity index (χ0n) is 9.63. The van der Waals surface area contributed by atoms with E-state index < -0.39 is 0 Å². The summed E-state index contributed by atoms with van der Waals surface area (Å²) in [7, 11) is 1.40. The number of carbonyl (C=O) groups is 1. The highest BCUT2D eigenvalue weighted by Crippen LogP contribution is 2.13. The Hall–Kier alpha value is -0.650. The van der Waals surface area contributed by atoms with Gasteiger partial charge < -0.3 is 14.8 Å². The molecule has 1 heterocycles. The summed E-state index contributed by atoms with van der Waals surface area (Å²) in [4.78, 5) is 10.8. The minimum Gasteiger partial charge on any atom is -0.469 e. The highest BCUT2D eigenvalue weighted by atomic mass is 16.5. The molecule has 1 aliphatic rings. The van der Waals surface area contributed by atoms with E-state index in [0.717, 1.165) is 6.54 Å². The third kappa shape index (κ3) is 4.59. The molecule has 0 bridgehead atoms.